The van der Waals surface area contributed by atoms with Gasteiger partial charge in [0.15, 0.2) is 5.82 Å². The SMILES string of the molecule is NCCCC[C@H](N)C(=O)NC1CCN(c2c(F)cc3c(=O)c(C(=O)O)cn(C4CC4)c3c2F)C1. The van der Waals surface area contributed by atoms with E-state index in [1.165, 1.54) is 9.47 Å². The largest absolute Gasteiger partial charge is 0.477 e. The lowest BCUT2D eigenvalue weighted by atomic mass is 10.1. The number of carboxylic acids is 1. The van der Waals surface area contributed by atoms with Crippen molar-refractivity contribution in [3.8, 4) is 0 Å². The summed E-state index contributed by atoms with van der Waals surface area (Å²) in [5, 5.41) is 11.9. The number of rotatable bonds is 9. The number of benzene rings is 1. The second kappa shape index (κ2) is 9.67. The number of hydrogen-bond acceptors (Lipinski definition) is 6. The number of pyridine rings is 1. The third kappa shape index (κ3) is 4.62. The second-order valence-corrected chi connectivity index (χ2v) is 9.06. The van der Waals surface area contributed by atoms with Gasteiger partial charge in [0.25, 0.3) is 0 Å². The number of fused-ring (bicyclic) bond motifs is 1. The summed E-state index contributed by atoms with van der Waals surface area (Å²) in [5.41, 5.74) is 9.58. The number of carboxylic acid groups (broad SMARTS) is 1. The first kappa shape index (κ1) is 24.1. The van der Waals surface area contributed by atoms with Gasteiger partial charge in [0.2, 0.25) is 11.3 Å². The standard InChI is InChI=1S/C23H29F2N5O4/c24-16-9-14-19(30(13-4-5-13)11-15(21(14)31)23(33)34)18(25)20(16)29-8-6-12(10-29)28-22(32)17(27)3-1-2-7-26/h9,11-13,17H,1-8,10,26-27H2,(H,28,32)(H,33,34)/t12?,17-/m0/s1. The van der Waals surface area contributed by atoms with E-state index in [9.17, 15) is 19.5 Å². The number of aromatic nitrogens is 1. The van der Waals surface area contributed by atoms with E-state index in [0.717, 1.165) is 25.1 Å². The molecule has 1 unspecified atom stereocenters. The van der Waals surface area contributed by atoms with E-state index in [2.05, 4.69) is 5.32 Å². The number of halogens is 2. The van der Waals surface area contributed by atoms with Crippen molar-refractivity contribution in [3.05, 3.63) is 39.7 Å². The first-order valence-corrected chi connectivity index (χ1v) is 11.5. The second-order valence-electron chi connectivity index (χ2n) is 9.06. The number of amides is 1. The number of carbonyl (C=O) groups is 2. The summed E-state index contributed by atoms with van der Waals surface area (Å²) in [6.45, 7) is 1.01. The minimum Gasteiger partial charge on any atom is -0.477 e. The van der Waals surface area contributed by atoms with Gasteiger partial charge in [0.1, 0.15) is 17.1 Å². The maximum Gasteiger partial charge on any atom is 0.341 e. The van der Waals surface area contributed by atoms with Crippen molar-refractivity contribution in [1.29, 1.82) is 0 Å². The molecular weight excluding hydrogens is 448 g/mol. The Kier molecular flexibility index (Phi) is 6.85. The lowest BCUT2D eigenvalue weighted by molar-refractivity contribution is -0.123. The number of aromatic carboxylic acids is 1. The monoisotopic (exact) mass is 477 g/mol. The van der Waals surface area contributed by atoms with Crippen LogP contribution in [0.2, 0.25) is 0 Å². The molecule has 1 saturated heterocycles. The summed E-state index contributed by atoms with van der Waals surface area (Å²) in [7, 11) is 0. The summed E-state index contributed by atoms with van der Waals surface area (Å²) >= 11 is 0. The highest BCUT2D eigenvalue weighted by molar-refractivity contribution is 5.94. The van der Waals surface area contributed by atoms with Gasteiger partial charge < -0.3 is 31.4 Å². The van der Waals surface area contributed by atoms with Crippen molar-refractivity contribution in [3.63, 3.8) is 0 Å². The summed E-state index contributed by atoms with van der Waals surface area (Å²) < 4.78 is 32.3. The number of unbranched alkanes of at least 4 members (excludes halogenated alkanes) is 1. The molecule has 184 valence electrons. The Morgan fingerprint density at radius 3 is 2.62 bits per heavy atom. The Morgan fingerprint density at radius 1 is 1.24 bits per heavy atom. The quantitative estimate of drug-likeness (QED) is 0.400. The molecular formula is C23H29F2N5O4. The Bertz CT molecular complexity index is 1180. The molecule has 0 radical (unpaired) electrons. The molecule has 1 aromatic heterocycles. The van der Waals surface area contributed by atoms with E-state index in [1.807, 2.05) is 0 Å². The van der Waals surface area contributed by atoms with Gasteiger partial charge in [-0.25, -0.2) is 13.6 Å². The Morgan fingerprint density at radius 2 is 1.97 bits per heavy atom. The third-order valence-electron chi connectivity index (χ3n) is 6.51. The third-order valence-corrected chi connectivity index (χ3v) is 6.51. The van der Waals surface area contributed by atoms with Crippen molar-refractivity contribution in [2.75, 3.05) is 24.5 Å². The molecule has 2 heterocycles. The number of nitrogens with one attached hydrogen (secondary N) is 1. The van der Waals surface area contributed by atoms with Crippen LogP contribution in [-0.4, -0.2) is 53.3 Å². The Hall–Kier alpha value is -3.05. The highest BCUT2D eigenvalue weighted by Gasteiger charge is 2.33. The van der Waals surface area contributed by atoms with Gasteiger partial charge in [-0.15, -0.1) is 0 Å². The zero-order valence-electron chi connectivity index (χ0n) is 18.7. The lowest BCUT2D eigenvalue weighted by Crippen LogP contribution is -2.46. The van der Waals surface area contributed by atoms with Crippen molar-refractivity contribution in [2.24, 2.45) is 11.5 Å². The molecule has 2 atom stereocenters. The summed E-state index contributed by atoms with van der Waals surface area (Å²) in [4.78, 5) is 38.0. The molecule has 1 saturated carbocycles. The molecule has 11 heteroatoms. The minimum atomic E-state index is -1.44. The number of carbonyl (C=O) groups excluding carboxylic acids is 1. The fourth-order valence-corrected chi connectivity index (χ4v) is 4.54. The number of nitrogens with zero attached hydrogens (tertiary/aromatic N) is 2. The predicted octanol–water partition coefficient (Wildman–Crippen LogP) is 1.46. The lowest BCUT2D eigenvalue weighted by Gasteiger charge is -2.23. The normalized spacial score (nSPS) is 18.9. The molecule has 2 aliphatic rings. The van der Waals surface area contributed by atoms with E-state index >= 15 is 8.78 Å². The maximum absolute atomic E-state index is 15.7. The molecule has 1 aromatic carbocycles. The number of nitrogens with two attached hydrogens (primary N) is 2. The van der Waals surface area contributed by atoms with Crippen molar-refractivity contribution >= 4 is 28.5 Å². The van der Waals surface area contributed by atoms with Crippen molar-refractivity contribution in [2.45, 2.75) is 56.7 Å². The van der Waals surface area contributed by atoms with Gasteiger partial charge >= 0.3 is 5.97 Å². The molecule has 6 N–H and O–H groups in total. The molecule has 9 nitrogen and oxygen atoms in total. The van der Waals surface area contributed by atoms with Gasteiger partial charge in [0.05, 0.1) is 16.9 Å². The van der Waals surface area contributed by atoms with E-state index < -0.39 is 34.6 Å². The summed E-state index contributed by atoms with van der Waals surface area (Å²) in [5.74, 6) is -3.60. The molecule has 2 fully saturated rings. The average Bonchev–Trinajstić information content (AvgIpc) is 3.53. The average molecular weight is 478 g/mol. The number of hydrogen-bond donors (Lipinski definition) is 4. The zero-order valence-corrected chi connectivity index (χ0v) is 18.7. The van der Waals surface area contributed by atoms with Crippen LogP contribution in [0.4, 0.5) is 14.5 Å². The fourth-order valence-electron chi connectivity index (χ4n) is 4.54. The number of anilines is 1. The van der Waals surface area contributed by atoms with Crippen LogP contribution in [0.15, 0.2) is 17.1 Å². The van der Waals surface area contributed by atoms with Crippen LogP contribution in [0.5, 0.6) is 0 Å². The Labute approximate surface area is 194 Å². The van der Waals surface area contributed by atoms with Crippen LogP contribution in [0.3, 0.4) is 0 Å². The summed E-state index contributed by atoms with van der Waals surface area (Å²) in [6.07, 6.45) is 5.07. The van der Waals surface area contributed by atoms with Gasteiger partial charge in [-0.1, -0.05) is 6.42 Å². The highest BCUT2D eigenvalue weighted by Crippen LogP contribution is 2.40. The molecule has 34 heavy (non-hydrogen) atoms. The van der Waals surface area contributed by atoms with Crippen LogP contribution in [-0.2, 0) is 4.79 Å². The Balaban J connectivity index is 1.60. The molecule has 0 bridgehead atoms. The van der Waals surface area contributed by atoms with Gasteiger partial charge in [0, 0.05) is 31.4 Å². The van der Waals surface area contributed by atoms with Crippen molar-refractivity contribution < 1.29 is 23.5 Å². The van der Waals surface area contributed by atoms with Crippen molar-refractivity contribution in [1.82, 2.24) is 9.88 Å². The minimum absolute atomic E-state index is 0.0942. The first-order valence-electron chi connectivity index (χ1n) is 11.5. The summed E-state index contributed by atoms with van der Waals surface area (Å²) in [6, 6.07) is -0.227. The van der Waals surface area contributed by atoms with Crippen LogP contribution < -0.4 is 27.1 Å². The van der Waals surface area contributed by atoms with Crippen LogP contribution in [0.25, 0.3) is 10.9 Å². The molecule has 4 rings (SSSR count). The van der Waals surface area contributed by atoms with E-state index in [1.54, 1.807) is 0 Å². The predicted molar refractivity (Wildman–Crippen MR) is 123 cm³/mol. The van der Waals surface area contributed by atoms with Crippen LogP contribution in [0, 0.1) is 11.6 Å². The van der Waals surface area contributed by atoms with Crippen LogP contribution >= 0.6 is 0 Å². The fraction of sp³-hybridized carbons (Fsp3) is 0.522. The molecule has 2 aromatic rings. The molecule has 1 aliphatic carbocycles. The van der Waals surface area contributed by atoms with Gasteiger partial charge in [-0.3, -0.25) is 9.59 Å². The van der Waals surface area contributed by atoms with Gasteiger partial charge in [-0.2, -0.15) is 0 Å². The van der Waals surface area contributed by atoms with E-state index in [-0.39, 0.29) is 41.1 Å². The van der Waals surface area contributed by atoms with Crippen LogP contribution in [0.1, 0.15) is 54.9 Å². The van der Waals surface area contributed by atoms with Gasteiger partial charge in [-0.05, 0) is 44.7 Å². The van der Waals surface area contributed by atoms with E-state index in [0.29, 0.717) is 38.8 Å². The molecule has 1 amide bonds. The maximum atomic E-state index is 15.7. The molecule has 0 spiro atoms. The first-order chi connectivity index (χ1) is 16.2. The van der Waals surface area contributed by atoms with E-state index in [4.69, 9.17) is 11.5 Å². The smallest absolute Gasteiger partial charge is 0.341 e. The zero-order chi connectivity index (χ0) is 24.6. The highest BCUT2D eigenvalue weighted by atomic mass is 19.1. The topological polar surface area (TPSA) is 144 Å². The molecule has 1 aliphatic heterocycles.